The molecule has 2 saturated heterocycles. The summed E-state index contributed by atoms with van der Waals surface area (Å²) in [6.45, 7) is 6.60. The molecule has 118 valence electrons. The molecule has 6 heteroatoms. The van der Waals surface area contributed by atoms with Gasteiger partial charge in [-0.1, -0.05) is 6.92 Å². The molecule has 1 N–H and O–H groups in total. The van der Waals surface area contributed by atoms with Crippen LogP contribution in [0.2, 0.25) is 0 Å². The van der Waals surface area contributed by atoms with Crippen molar-refractivity contribution in [3.8, 4) is 0 Å². The SMILES string of the molecule is CCCOC1CCCN(C(=O)C2COCCN2)CC1.Cl. The molecular weight excluding hydrogens is 280 g/mol. The zero-order valence-electron chi connectivity index (χ0n) is 12.3. The summed E-state index contributed by atoms with van der Waals surface area (Å²) in [4.78, 5) is 14.3. The number of hydrogen-bond donors (Lipinski definition) is 1. The van der Waals surface area contributed by atoms with Gasteiger partial charge in [-0.2, -0.15) is 0 Å². The lowest BCUT2D eigenvalue weighted by Gasteiger charge is -2.29. The monoisotopic (exact) mass is 306 g/mol. The minimum Gasteiger partial charge on any atom is -0.378 e. The molecular formula is C14H27ClN2O3. The van der Waals surface area contributed by atoms with Crippen LogP contribution in [0, 0.1) is 0 Å². The van der Waals surface area contributed by atoms with E-state index in [2.05, 4.69) is 12.2 Å². The Morgan fingerprint density at radius 3 is 2.95 bits per heavy atom. The average Bonchev–Trinajstić information content (AvgIpc) is 2.71. The van der Waals surface area contributed by atoms with E-state index in [-0.39, 0.29) is 24.4 Å². The van der Waals surface area contributed by atoms with Gasteiger partial charge in [0.2, 0.25) is 5.91 Å². The molecule has 0 aromatic heterocycles. The lowest BCUT2D eigenvalue weighted by molar-refractivity contribution is -0.136. The normalized spacial score (nSPS) is 27.6. The second-order valence-electron chi connectivity index (χ2n) is 5.33. The Morgan fingerprint density at radius 2 is 2.25 bits per heavy atom. The Kier molecular flexibility index (Phi) is 8.45. The second kappa shape index (κ2) is 9.55. The number of carbonyl (C=O) groups excluding carboxylic acids is 1. The highest BCUT2D eigenvalue weighted by atomic mass is 35.5. The number of morpholine rings is 1. The summed E-state index contributed by atoms with van der Waals surface area (Å²) in [6, 6.07) is -0.151. The highest BCUT2D eigenvalue weighted by Crippen LogP contribution is 2.15. The highest BCUT2D eigenvalue weighted by Gasteiger charge is 2.28. The lowest BCUT2D eigenvalue weighted by atomic mass is 10.1. The first-order chi connectivity index (χ1) is 9.31. The summed E-state index contributed by atoms with van der Waals surface area (Å²) in [5, 5.41) is 3.23. The summed E-state index contributed by atoms with van der Waals surface area (Å²) >= 11 is 0. The van der Waals surface area contributed by atoms with Gasteiger partial charge in [0.1, 0.15) is 6.04 Å². The van der Waals surface area contributed by atoms with Gasteiger partial charge >= 0.3 is 0 Å². The second-order valence-corrected chi connectivity index (χ2v) is 5.33. The van der Waals surface area contributed by atoms with Crippen molar-refractivity contribution >= 4 is 18.3 Å². The molecule has 1 amide bonds. The fourth-order valence-electron chi connectivity index (χ4n) is 2.68. The minimum atomic E-state index is -0.151. The maximum atomic E-state index is 12.4. The van der Waals surface area contributed by atoms with E-state index in [1.807, 2.05) is 4.90 Å². The molecule has 0 bridgehead atoms. The number of hydrogen-bond acceptors (Lipinski definition) is 4. The number of halogens is 1. The number of amides is 1. The largest absolute Gasteiger partial charge is 0.378 e. The average molecular weight is 307 g/mol. The quantitative estimate of drug-likeness (QED) is 0.848. The molecule has 2 heterocycles. The van der Waals surface area contributed by atoms with Crippen molar-refractivity contribution in [2.24, 2.45) is 0 Å². The van der Waals surface area contributed by atoms with Crippen LogP contribution in [0.15, 0.2) is 0 Å². The van der Waals surface area contributed by atoms with Gasteiger partial charge < -0.3 is 19.7 Å². The fourth-order valence-corrected chi connectivity index (χ4v) is 2.68. The first kappa shape index (κ1) is 17.7. The van der Waals surface area contributed by atoms with Gasteiger partial charge in [0, 0.05) is 26.2 Å². The maximum Gasteiger partial charge on any atom is 0.242 e. The Morgan fingerprint density at radius 1 is 1.40 bits per heavy atom. The van der Waals surface area contributed by atoms with Crippen LogP contribution in [-0.2, 0) is 14.3 Å². The molecule has 2 aliphatic rings. The Bertz CT molecular complexity index is 286. The summed E-state index contributed by atoms with van der Waals surface area (Å²) in [7, 11) is 0. The van der Waals surface area contributed by atoms with Crippen molar-refractivity contribution in [1.29, 1.82) is 0 Å². The number of likely N-dealkylation sites (tertiary alicyclic amines) is 1. The van der Waals surface area contributed by atoms with Gasteiger partial charge in [0.25, 0.3) is 0 Å². The predicted molar refractivity (Wildman–Crippen MR) is 80.3 cm³/mol. The van der Waals surface area contributed by atoms with Crippen LogP contribution in [0.4, 0.5) is 0 Å². The van der Waals surface area contributed by atoms with Gasteiger partial charge in [0.15, 0.2) is 0 Å². The molecule has 2 unspecified atom stereocenters. The van der Waals surface area contributed by atoms with Gasteiger partial charge in [0.05, 0.1) is 19.3 Å². The van der Waals surface area contributed by atoms with Crippen molar-refractivity contribution in [1.82, 2.24) is 10.2 Å². The summed E-state index contributed by atoms with van der Waals surface area (Å²) in [5.74, 6) is 0.191. The Labute approximate surface area is 127 Å². The molecule has 2 atom stereocenters. The third kappa shape index (κ3) is 5.20. The van der Waals surface area contributed by atoms with E-state index in [1.165, 1.54) is 0 Å². The van der Waals surface area contributed by atoms with E-state index in [0.29, 0.717) is 19.3 Å². The Hall–Kier alpha value is -0.360. The predicted octanol–water partition coefficient (Wildman–Crippen LogP) is 1.20. The van der Waals surface area contributed by atoms with Gasteiger partial charge in [-0.05, 0) is 25.7 Å². The number of carbonyl (C=O) groups is 1. The molecule has 2 aliphatic heterocycles. The molecule has 2 rings (SSSR count). The van der Waals surface area contributed by atoms with Crippen LogP contribution in [-0.4, -0.2) is 62.4 Å². The van der Waals surface area contributed by atoms with E-state index >= 15 is 0 Å². The van der Waals surface area contributed by atoms with Crippen molar-refractivity contribution in [2.45, 2.75) is 44.8 Å². The van der Waals surface area contributed by atoms with Crippen molar-refractivity contribution in [3.63, 3.8) is 0 Å². The van der Waals surface area contributed by atoms with E-state index < -0.39 is 0 Å². The van der Waals surface area contributed by atoms with Gasteiger partial charge in [-0.3, -0.25) is 4.79 Å². The summed E-state index contributed by atoms with van der Waals surface area (Å²) in [6.07, 6.45) is 4.45. The van der Waals surface area contributed by atoms with E-state index in [1.54, 1.807) is 0 Å². The minimum absolute atomic E-state index is 0. The molecule has 0 saturated carbocycles. The van der Waals surface area contributed by atoms with Crippen molar-refractivity contribution < 1.29 is 14.3 Å². The van der Waals surface area contributed by atoms with E-state index in [9.17, 15) is 4.79 Å². The summed E-state index contributed by atoms with van der Waals surface area (Å²) in [5.41, 5.74) is 0. The first-order valence-corrected chi connectivity index (χ1v) is 7.52. The highest BCUT2D eigenvalue weighted by molar-refractivity contribution is 5.85. The standard InChI is InChI=1S/C14H26N2O3.ClH/c1-2-9-19-12-4-3-7-16(8-5-12)14(17)13-11-18-10-6-15-13;/h12-13,15H,2-11H2,1H3;1H. The number of rotatable bonds is 4. The number of nitrogens with zero attached hydrogens (tertiary/aromatic N) is 1. The van der Waals surface area contributed by atoms with Crippen molar-refractivity contribution in [2.75, 3.05) is 39.5 Å². The molecule has 0 aromatic carbocycles. The van der Waals surface area contributed by atoms with Gasteiger partial charge in [-0.15, -0.1) is 12.4 Å². The molecule has 0 aliphatic carbocycles. The molecule has 20 heavy (non-hydrogen) atoms. The molecule has 5 nitrogen and oxygen atoms in total. The number of ether oxygens (including phenoxy) is 2. The fraction of sp³-hybridized carbons (Fsp3) is 0.929. The van der Waals surface area contributed by atoms with E-state index in [0.717, 1.165) is 51.9 Å². The number of nitrogens with one attached hydrogen (secondary N) is 1. The third-order valence-electron chi connectivity index (χ3n) is 3.76. The van der Waals surface area contributed by atoms with Crippen LogP contribution in [0.25, 0.3) is 0 Å². The zero-order chi connectivity index (χ0) is 13.5. The molecule has 2 fully saturated rings. The first-order valence-electron chi connectivity index (χ1n) is 7.52. The lowest BCUT2D eigenvalue weighted by Crippen LogP contribution is -2.52. The van der Waals surface area contributed by atoms with Crippen LogP contribution in [0.1, 0.15) is 32.6 Å². The third-order valence-corrected chi connectivity index (χ3v) is 3.76. The van der Waals surface area contributed by atoms with Crippen LogP contribution in [0.5, 0.6) is 0 Å². The van der Waals surface area contributed by atoms with Crippen LogP contribution >= 0.6 is 12.4 Å². The molecule has 0 aromatic rings. The van der Waals surface area contributed by atoms with Crippen molar-refractivity contribution in [3.05, 3.63) is 0 Å². The maximum absolute atomic E-state index is 12.4. The van der Waals surface area contributed by atoms with Crippen LogP contribution < -0.4 is 5.32 Å². The molecule has 0 radical (unpaired) electrons. The topological polar surface area (TPSA) is 50.8 Å². The van der Waals surface area contributed by atoms with E-state index in [4.69, 9.17) is 9.47 Å². The van der Waals surface area contributed by atoms with Gasteiger partial charge in [-0.25, -0.2) is 0 Å². The smallest absolute Gasteiger partial charge is 0.242 e. The molecule has 0 spiro atoms. The summed E-state index contributed by atoms with van der Waals surface area (Å²) < 4.78 is 11.2. The zero-order valence-corrected chi connectivity index (χ0v) is 13.1. The van der Waals surface area contributed by atoms with Crippen LogP contribution in [0.3, 0.4) is 0 Å². The Balaban J connectivity index is 0.00000200.